The minimum absolute atomic E-state index is 0.0216. The third-order valence-corrected chi connectivity index (χ3v) is 16.2. The average molecular weight is 903 g/mol. The van der Waals surface area contributed by atoms with E-state index in [0.29, 0.717) is 79.3 Å². The molecule has 6 aliphatic rings. The van der Waals surface area contributed by atoms with Crippen LogP contribution in [-0.2, 0) is 35.2 Å². The highest BCUT2D eigenvalue weighted by Gasteiger charge is 2.43. The lowest BCUT2D eigenvalue weighted by molar-refractivity contribution is -0.121. The summed E-state index contributed by atoms with van der Waals surface area (Å²) in [4.78, 5) is 18.2. The van der Waals surface area contributed by atoms with Crippen molar-refractivity contribution in [1.29, 1.82) is 0 Å². The van der Waals surface area contributed by atoms with Gasteiger partial charge in [0.1, 0.15) is 12.5 Å². The summed E-state index contributed by atoms with van der Waals surface area (Å²) < 4.78 is 24.7. The van der Waals surface area contributed by atoms with Crippen LogP contribution >= 0.6 is 21.6 Å². The number of nitrogens with two attached hydrogens (primary N) is 1. The highest BCUT2D eigenvalue weighted by Crippen LogP contribution is 2.47. The first-order valence-electron chi connectivity index (χ1n) is 22.8. The summed E-state index contributed by atoms with van der Waals surface area (Å²) in [5.41, 5.74) is 10.3. The predicted octanol–water partition coefficient (Wildman–Crippen LogP) is 6.06. The lowest BCUT2D eigenvalue weighted by Crippen LogP contribution is -2.54. The van der Waals surface area contributed by atoms with Crippen molar-refractivity contribution in [1.82, 2.24) is 10.6 Å². The molecule has 0 radical (unpaired) electrons. The van der Waals surface area contributed by atoms with Crippen molar-refractivity contribution >= 4 is 33.3 Å². The number of rotatable bonds is 6. The number of aliphatic hydroxyl groups is 2. The van der Waals surface area contributed by atoms with E-state index in [9.17, 15) is 20.1 Å². The van der Waals surface area contributed by atoms with Crippen LogP contribution < -0.4 is 30.6 Å². The number of aryl methyl sites for hydroxylation is 2. The molecule has 1 spiro atoms. The van der Waals surface area contributed by atoms with Crippen molar-refractivity contribution in [2.45, 2.75) is 134 Å². The second-order valence-corrected chi connectivity index (χ2v) is 20.7. The Bertz CT molecular complexity index is 2090. The van der Waals surface area contributed by atoms with Crippen LogP contribution in [-0.4, -0.2) is 96.1 Å². The number of nitrogens with one attached hydrogen (secondary N) is 2. The highest BCUT2D eigenvalue weighted by atomic mass is 33.1. The van der Waals surface area contributed by atoms with Gasteiger partial charge in [0, 0.05) is 79.4 Å². The molecular formula is C49H66N4O8S2. The van der Waals surface area contributed by atoms with E-state index in [1.54, 1.807) is 40.8 Å². The van der Waals surface area contributed by atoms with Crippen LogP contribution in [0.2, 0.25) is 0 Å². The molecule has 12 nitrogen and oxygen atoms in total. The fourth-order valence-electron chi connectivity index (χ4n) is 10.0. The molecule has 2 aromatic carbocycles. The molecule has 342 valence electrons. The van der Waals surface area contributed by atoms with Crippen LogP contribution in [0.15, 0.2) is 23.2 Å². The number of nitrogens with zero attached hydrogens (tertiary/aromatic N) is 1. The van der Waals surface area contributed by atoms with Gasteiger partial charge in [-0.15, -0.1) is 0 Å². The molecule has 0 amide bonds. The van der Waals surface area contributed by atoms with Crippen LogP contribution in [0.4, 0.5) is 0 Å². The Balaban J connectivity index is 1.37. The number of fused-ring (bicyclic) bond motifs is 7. The standard InChI is InChI=1S/C49H66N4O8S2/c1-30(2)42-28-63-62-27-40-39-26-38-32-16-19-36(55)25-35(54)18-15-31-17-20-43(56)45(59-4)37(31)13-7-10-33(24-32)44(46(38)61-47(39)57)60-29-51-49(22-8-14-41(40)52-48(50)53-42)21-6-5-11-34(49)12-9-23-58-3/h17,20,24,30,34,36,39-42,47,51,55-57H,5-6,9-12,15-16,18-19,21-23,25-29H2,1-4H3,(H3,50,52,53). The van der Waals surface area contributed by atoms with Gasteiger partial charge in [-0.3, -0.25) is 10.1 Å². The minimum Gasteiger partial charge on any atom is -0.504 e. The lowest BCUT2D eigenvalue weighted by atomic mass is 9.69. The third-order valence-electron chi connectivity index (χ3n) is 13.7. The largest absolute Gasteiger partial charge is 0.504 e. The van der Waals surface area contributed by atoms with Crippen LogP contribution in [0.5, 0.6) is 23.0 Å². The Morgan fingerprint density at radius 3 is 2.67 bits per heavy atom. The van der Waals surface area contributed by atoms with Crippen molar-refractivity contribution in [3.05, 3.63) is 46.0 Å². The monoisotopic (exact) mass is 902 g/mol. The Morgan fingerprint density at radius 1 is 1.02 bits per heavy atom. The fraction of sp³-hybridized carbons (Fsp3) is 0.633. The molecule has 63 heavy (non-hydrogen) atoms. The normalized spacial score (nSPS) is 29.2. The van der Waals surface area contributed by atoms with Gasteiger partial charge >= 0.3 is 0 Å². The number of phenolic OH excluding ortho intramolecular Hbond substituents is 1. The Labute approximate surface area is 381 Å². The molecule has 6 bridgehead atoms. The number of phenols is 1. The molecule has 4 aliphatic heterocycles. The number of carbonyl (C=O) groups is 1. The summed E-state index contributed by atoms with van der Waals surface area (Å²) in [6.07, 6.45) is 6.96. The molecule has 1 fully saturated rings. The maximum absolute atomic E-state index is 13.2. The number of hydrogen-bond acceptors (Lipinski definition) is 14. The van der Waals surface area contributed by atoms with Gasteiger partial charge in [0.05, 0.1) is 30.9 Å². The number of aliphatic hydroxyl groups excluding tert-OH is 2. The summed E-state index contributed by atoms with van der Waals surface area (Å²) in [6, 6.07) is 5.06. The van der Waals surface area contributed by atoms with E-state index in [-0.39, 0.29) is 66.7 Å². The summed E-state index contributed by atoms with van der Waals surface area (Å²) in [6.45, 7) is 5.20. The Morgan fingerprint density at radius 2 is 1.86 bits per heavy atom. The average Bonchev–Trinajstić information content (AvgIpc) is 3.25. The van der Waals surface area contributed by atoms with Gasteiger partial charge in [0.25, 0.3) is 0 Å². The molecule has 0 saturated heterocycles. The maximum Gasteiger partial charge on any atom is 0.201 e. The highest BCUT2D eigenvalue weighted by molar-refractivity contribution is 8.76. The number of ketones is 1. The molecule has 8 atom stereocenters. The predicted molar refractivity (Wildman–Crippen MR) is 250 cm³/mol. The van der Waals surface area contributed by atoms with E-state index < -0.39 is 18.4 Å². The molecule has 0 aromatic heterocycles. The van der Waals surface area contributed by atoms with Crippen molar-refractivity contribution < 1.29 is 39.1 Å². The number of ether oxygens (including phenoxy) is 4. The van der Waals surface area contributed by atoms with E-state index in [4.69, 9.17) is 29.7 Å². The van der Waals surface area contributed by atoms with Crippen LogP contribution in [0.3, 0.4) is 0 Å². The second-order valence-electron chi connectivity index (χ2n) is 18.2. The zero-order valence-electron chi connectivity index (χ0n) is 37.3. The summed E-state index contributed by atoms with van der Waals surface area (Å²) in [5, 5.41) is 41.7. The zero-order valence-corrected chi connectivity index (χ0v) is 38.9. The van der Waals surface area contributed by atoms with Gasteiger partial charge in [-0.05, 0) is 80.4 Å². The number of carbonyl (C=O) groups excluding carboxylic acids is 1. The number of aromatic hydroxyl groups is 1. The Kier molecular flexibility index (Phi) is 16.4. The smallest absolute Gasteiger partial charge is 0.201 e. The lowest BCUT2D eigenvalue weighted by Gasteiger charge is -2.45. The summed E-state index contributed by atoms with van der Waals surface area (Å²) >= 11 is 0. The fourth-order valence-corrected chi connectivity index (χ4v) is 12.9. The first-order chi connectivity index (χ1) is 30.5. The van der Waals surface area contributed by atoms with Crippen LogP contribution in [0, 0.1) is 47.4 Å². The molecule has 2 aromatic rings. The van der Waals surface area contributed by atoms with Gasteiger partial charge in [-0.2, -0.15) is 0 Å². The number of aliphatic imine (C=N–C) groups is 1. The number of Topliss-reactive ketones (excluding diaryl/α,β-unsaturated/α-hetero) is 1. The van der Waals surface area contributed by atoms with Gasteiger partial charge < -0.3 is 45.3 Å². The second kappa shape index (κ2) is 21.9. The van der Waals surface area contributed by atoms with E-state index >= 15 is 0 Å². The van der Waals surface area contributed by atoms with Crippen molar-refractivity contribution in [3.63, 3.8) is 0 Å². The van der Waals surface area contributed by atoms with Crippen molar-refractivity contribution in [2.24, 2.45) is 34.4 Å². The quantitative estimate of drug-likeness (QED) is 0.112. The molecule has 1 saturated carbocycles. The van der Waals surface area contributed by atoms with Crippen LogP contribution in [0.25, 0.3) is 0 Å². The molecule has 2 aliphatic carbocycles. The van der Waals surface area contributed by atoms with Crippen LogP contribution in [0.1, 0.15) is 106 Å². The molecule has 8 rings (SSSR count). The third kappa shape index (κ3) is 11.4. The van der Waals surface area contributed by atoms with E-state index in [1.807, 2.05) is 0 Å². The molecule has 14 heteroatoms. The molecule has 7 N–H and O–H groups in total. The van der Waals surface area contributed by atoms with Gasteiger partial charge in [-0.25, -0.2) is 4.99 Å². The van der Waals surface area contributed by atoms with Crippen molar-refractivity contribution in [2.75, 3.05) is 39.1 Å². The number of benzene rings is 2. The minimum atomic E-state index is -1.19. The van der Waals surface area contributed by atoms with E-state index in [2.05, 4.69) is 54.2 Å². The van der Waals surface area contributed by atoms with Gasteiger partial charge in [0.2, 0.25) is 6.29 Å². The topological polar surface area (TPSA) is 177 Å². The van der Waals surface area contributed by atoms with Gasteiger partial charge in [0.15, 0.2) is 29.0 Å². The number of guanidine groups is 1. The summed E-state index contributed by atoms with van der Waals surface area (Å²) in [7, 11) is 6.80. The molecule has 4 heterocycles. The molecule has 8 unspecified atom stereocenters. The van der Waals surface area contributed by atoms with E-state index in [1.165, 1.54) is 7.11 Å². The van der Waals surface area contributed by atoms with Crippen molar-refractivity contribution in [3.8, 4) is 46.7 Å². The first kappa shape index (κ1) is 47.2. The van der Waals surface area contributed by atoms with E-state index in [0.717, 1.165) is 66.5 Å². The maximum atomic E-state index is 13.2. The number of methoxy groups -OCH3 is 2. The number of hydrogen-bond donors (Lipinski definition) is 6. The zero-order chi connectivity index (χ0) is 44.5. The van der Waals surface area contributed by atoms with Gasteiger partial charge in [-0.1, -0.05) is 84.1 Å². The SMILES string of the molecule is COCCCC1CCCCC12CC#CC1NC(N)=NC(C(C)C)CSSCC1C1Cc3c4cc(c(c3OC1O)OCN2)CC#Cc1c(ccc(O)c1OC)CCC(=O)CC(O)CC4. The summed E-state index contributed by atoms with van der Waals surface area (Å²) in [5.74, 6) is 17.0. The first-order valence-corrected chi connectivity index (χ1v) is 25.3. The molecular weight excluding hydrogens is 837 g/mol. The Hall–Kier alpha value is -3.76.